The van der Waals surface area contributed by atoms with Crippen LogP contribution in [0.3, 0.4) is 0 Å². The molecule has 0 saturated carbocycles. The summed E-state index contributed by atoms with van der Waals surface area (Å²) in [7, 11) is 0. The molecule has 0 saturated heterocycles. The number of benzene rings is 2. The highest BCUT2D eigenvalue weighted by Gasteiger charge is 2.29. The Balaban J connectivity index is 1.45. The van der Waals surface area contributed by atoms with Gasteiger partial charge in [-0.2, -0.15) is 9.61 Å². The first-order chi connectivity index (χ1) is 22.2. The van der Waals surface area contributed by atoms with Gasteiger partial charge in [0.15, 0.2) is 17.1 Å². The van der Waals surface area contributed by atoms with Crippen LogP contribution in [0.15, 0.2) is 60.9 Å². The van der Waals surface area contributed by atoms with Gasteiger partial charge in [0, 0.05) is 35.3 Å². The van der Waals surface area contributed by atoms with Crippen molar-refractivity contribution in [2.45, 2.75) is 78.9 Å². The molecule has 0 spiro atoms. The highest BCUT2D eigenvalue weighted by Crippen LogP contribution is 2.37. The summed E-state index contributed by atoms with van der Waals surface area (Å²) in [6.07, 6.45) is 3.00. The van der Waals surface area contributed by atoms with Gasteiger partial charge < -0.3 is 18.9 Å². The van der Waals surface area contributed by atoms with Gasteiger partial charge in [-0.3, -0.25) is 9.47 Å². The van der Waals surface area contributed by atoms with Crippen LogP contribution in [0.25, 0.3) is 27.8 Å². The molecular weight excluding hydrogens is 598 g/mol. The van der Waals surface area contributed by atoms with E-state index in [4.69, 9.17) is 29.0 Å². The smallest absolute Gasteiger partial charge is 0.419 e. The van der Waals surface area contributed by atoms with Gasteiger partial charge in [-0.1, -0.05) is 32.0 Å². The predicted octanol–water partition coefficient (Wildman–Crippen LogP) is 7.97. The third kappa shape index (κ3) is 6.61. The molecule has 1 aliphatic heterocycles. The first-order valence-corrected chi connectivity index (χ1v) is 15.8. The molecule has 0 N–H and O–H groups in total. The Labute approximate surface area is 274 Å². The van der Waals surface area contributed by atoms with Crippen LogP contribution in [0, 0.1) is 0 Å². The maximum atomic E-state index is 14.0. The molecule has 0 radical (unpaired) electrons. The van der Waals surface area contributed by atoms with E-state index in [0.717, 1.165) is 27.6 Å². The molecule has 6 rings (SSSR count). The number of anilines is 1. The summed E-state index contributed by atoms with van der Waals surface area (Å²) in [6.45, 7) is 15.6. The quantitative estimate of drug-likeness (QED) is 0.184. The molecule has 246 valence electrons. The van der Waals surface area contributed by atoms with Crippen molar-refractivity contribution in [2.24, 2.45) is 0 Å². The monoisotopic (exact) mass is 639 g/mol. The van der Waals surface area contributed by atoms with Crippen LogP contribution < -0.4 is 14.4 Å². The molecule has 1 amide bonds. The maximum Gasteiger partial charge on any atom is 0.419 e. The molecule has 2 aromatic carbocycles. The van der Waals surface area contributed by atoms with E-state index >= 15 is 0 Å². The molecule has 5 aromatic rings. The molecule has 0 unspecified atom stereocenters. The number of hydrogen-bond donors (Lipinski definition) is 0. The van der Waals surface area contributed by atoms with Crippen LogP contribution in [0.5, 0.6) is 11.5 Å². The highest BCUT2D eigenvalue weighted by molar-refractivity contribution is 5.93. The molecular formula is C36H41N5O6. The van der Waals surface area contributed by atoms with Crippen LogP contribution >= 0.6 is 0 Å². The number of fused-ring (bicyclic) bond motifs is 3. The number of carbonyl (C=O) groups excluding carboxylic acids is 2. The Bertz CT molecular complexity index is 1980. The summed E-state index contributed by atoms with van der Waals surface area (Å²) in [5.74, 6) is 1.94. The fourth-order valence-electron chi connectivity index (χ4n) is 5.53. The second-order valence-electron chi connectivity index (χ2n) is 14.0. The fraction of sp³-hybridized carbons (Fsp3) is 0.389. The second-order valence-corrected chi connectivity index (χ2v) is 14.0. The number of ether oxygens (including phenoxy) is 4. The zero-order chi connectivity index (χ0) is 33.7. The summed E-state index contributed by atoms with van der Waals surface area (Å²) < 4.78 is 26.0. The lowest BCUT2D eigenvalue weighted by molar-refractivity contribution is 0.0540. The summed E-state index contributed by atoms with van der Waals surface area (Å²) >= 11 is 0. The lowest BCUT2D eigenvalue weighted by Crippen LogP contribution is -2.39. The SMILES string of the molecule is CC(C)c1cnn2c(N(CCc3cn(C(=O)OC(C)(C)C)c4ccccc34)C(=O)OC(C)(C)C)cc(-c3ccc4c(c3)OCO4)nc12. The molecule has 1 aliphatic rings. The van der Waals surface area contributed by atoms with E-state index in [1.54, 1.807) is 21.8 Å². The summed E-state index contributed by atoms with van der Waals surface area (Å²) in [6, 6.07) is 15.2. The summed E-state index contributed by atoms with van der Waals surface area (Å²) in [5, 5.41) is 5.59. The van der Waals surface area contributed by atoms with Crippen molar-refractivity contribution in [3.05, 3.63) is 72.1 Å². The van der Waals surface area contributed by atoms with E-state index in [1.165, 1.54) is 4.57 Å². The van der Waals surface area contributed by atoms with Crippen molar-refractivity contribution in [1.29, 1.82) is 0 Å². The van der Waals surface area contributed by atoms with Gasteiger partial charge >= 0.3 is 12.2 Å². The van der Waals surface area contributed by atoms with Gasteiger partial charge in [-0.15, -0.1) is 0 Å². The number of rotatable bonds is 6. The molecule has 4 heterocycles. The second kappa shape index (κ2) is 11.9. The van der Waals surface area contributed by atoms with Crippen LogP contribution in [0.2, 0.25) is 0 Å². The first kappa shape index (κ1) is 31.9. The highest BCUT2D eigenvalue weighted by atomic mass is 16.7. The molecule has 0 fully saturated rings. The summed E-state index contributed by atoms with van der Waals surface area (Å²) in [4.78, 5) is 33.8. The van der Waals surface area contributed by atoms with E-state index in [0.29, 0.717) is 35.1 Å². The Morgan fingerprint density at radius 1 is 0.957 bits per heavy atom. The number of amides is 1. The van der Waals surface area contributed by atoms with Gasteiger partial charge in [0.1, 0.15) is 17.0 Å². The number of para-hydroxylation sites is 1. The Hall–Kier alpha value is -5.06. The normalized spacial score (nSPS) is 13.0. The van der Waals surface area contributed by atoms with Gasteiger partial charge in [0.05, 0.1) is 17.4 Å². The number of aromatic nitrogens is 4. The van der Waals surface area contributed by atoms with E-state index in [-0.39, 0.29) is 19.3 Å². The van der Waals surface area contributed by atoms with Crippen molar-refractivity contribution in [2.75, 3.05) is 18.2 Å². The molecule has 0 bridgehead atoms. The van der Waals surface area contributed by atoms with Crippen LogP contribution in [-0.4, -0.2) is 55.9 Å². The largest absolute Gasteiger partial charge is 0.454 e. The lowest BCUT2D eigenvalue weighted by Gasteiger charge is -2.28. The van der Waals surface area contributed by atoms with Gasteiger partial charge in [-0.25, -0.2) is 14.6 Å². The van der Waals surface area contributed by atoms with Crippen molar-refractivity contribution < 1.29 is 28.5 Å². The van der Waals surface area contributed by atoms with Crippen molar-refractivity contribution >= 4 is 34.6 Å². The van der Waals surface area contributed by atoms with Crippen molar-refractivity contribution in [3.8, 4) is 22.8 Å². The predicted molar refractivity (Wildman–Crippen MR) is 179 cm³/mol. The summed E-state index contributed by atoms with van der Waals surface area (Å²) in [5.41, 5.74) is 3.23. The zero-order valence-corrected chi connectivity index (χ0v) is 28.2. The number of carbonyl (C=O) groups is 2. The minimum atomic E-state index is -0.748. The number of nitrogens with zero attached hydrogens (tertiary/aromatic N) is 5. The number of hydrogen-bond acceptors (Lipinski definition) is 8. The van der Waals surface area contributed by atoms with Crippen LogP contribution in [0.1, 0.15) is 72.4 Å². The van der Waals surface area contributed by atoms with Crippen molar-refractivity contribution in [1.82, 2.24) is 19.2 Å². The first-order valence-electron chi connectivity index (χ1n) is 15.8. The fourth-order valence-corrected chi connectivity index (χ4v) is 5.53. The minimum absolute atomic E-state index is 0.133. The van der Waals surface area contributed by atoms with E-state index in [9.17, 15) is 9.59 Å². The van der Waals surface area contributed by atoms with E-state index < -0.39 is 23.4 Å². The average molecular weight is 640 g/mol. The topological polar surface area (TPSA) is 109 Å². The van der Waals surface area contributed by atoms with E-state index in [2.05, 4.69) is 13.8 Å². The lowest BCUT2D eigenvalue weighted by atomic mass is 10.1. The maximum absolute atomic E-state index is 14.0. The van der Waals surface area contributed by atoms with Crippen molar-refractivity contribution in [3.63, 3.8) is 0 Å². The average Bonchev–Trinajstić information content (AvgIpc) is 3.72. The van der Waals surface area contributed by atoms with E-state index in [1.807, 2.05) is 90.1 Å². The standard InChI is InChI=1S/C36H41N5O6/c1-22(2)26-19-37-41-31(18-27(38-32(26)41)23-13-14-29-30(17-23)45-21-44-29)39(33(42)46-35(3,4)5)16-15-24-20-40(34(43)47-36(6,7)8)28-12-10-9-11-25(24)28/h9-14,17-20,22H,15-16,21H2,1-8H3. The Morgan fingerprint density at radius 3 is 2.40 bits per heavy atom. The van der Waals surface area contributed by atoms with Crippen LogP contribution in [-0.2, 0) is 15.9 Å². The third-order valence-corrected chi connectivity index (χ3v) is 7.65. The minimum Gasteiger partial charge on any atom is -0.454 e. The zero-order valence-electron chi connectivity index (χ0n) is 28.2. The van der Waals surface area contributed by atoms with Gasteiger partial charge in [0.25, 0.3) is 0 Å². The van der Waals surface area contributed by atoms with Crippen LogP contribution in [0.4, 0.5) is 15.4 Å². The Morgan fingerprint density at radius 2 is 1.68 bits per heavy atom. The van der Waals surface area contributed by atoms with Gasteiger partial charge in [0.2, 0.25) is 6.79 Å². The molecule has 11 nitrogen and oxygen atoms in total. The third-order valence-electron chi connectivity index (χ3n) is 7.65. The van der Waals surface area contributed by atoms with Gasteiger partial charge in [-0.05, 0) is 83.7 Å². The molecule has 3 aromatic heterocycles. The molecule has 47 heavy (non-hydrogen) atoms. The Kier molecular flexibility index (Phi) is 8.11. The molecule has 0 atom stereocenters. The molecule has 0 aliphatic carbocycles. The molecule has 11 heteroatoms.